The number of methoxy groups -OCH3 is 1. The lowest BCUT2D eigenvalue weighted by Gasteiger charge is -2.12. The van der Waals surface area contributed by atoms with E-state index >= 15 is 0 Å². The first-order valence-corrected chi connectivity index (χ1v) is 7.08. The minimum absolute atomic E-state index is 0.0827. The molecule has 1 saturated carbocycles. The van der Waals surface area contributed by atoms with Gasteiger partial charge in [0.05, 0.1) is 6.61 Å². The van der Waals surface area contributed by atoms with Crippen LogP contribution in [0, 0.1) is 11.7 Å². The molecule has 1 aliphatic carbocycles. The lowest BCUT2D eigenvalue weighted by atomic mass is 10.1. The van der Waals surface area contributed by atoms with Crippen molar-refractivity contribution in [2.24, 2.45) is 11.7 Å². The zero-order valence-corrected chi connectivity index (χ0v) is 12.1. The molecule has 0 heterocycles. The van der Waals surface area contributed by atoms with Crippen LogP contribution in [-0.2, 0) is 9.53 Å². The molecular weight excluding hydrogens is 275 g/mol. The Morgan fingerprint density at radius 2 is 2.24 bits per heavy atom. The first-order valence-electron chi connectivity index (χ1n) is 7.08. The molecule has 1 aromatic carbocycles. The van der Waals surface area contributed by atoms with E-state index in [1.807, 2.05) is 0 Å². The van der Waals surface area contributed by atoms with Gasteiger partial charge in [0, 0.05) is 30.8 Å². The molecule has 0 spiro atoms. The van der Waals surface area contributed by atoms with Crippen molar-refractivity contribution in [2.75, 3.05) is 25.6 Å². The average Bonchev–Trinajstić information content (AvgIpc) is 2.88. The van der Waals surface area contributed by atoms with Crippen molar-refractivity contribution in [1.29, 1.82) is 0 Å². The Kier molecular flexibility index (Phi) is 5.52. The molecule has 2 atom stereocenters. The Morgan fingerprint density at radius 3 is 2.86 bits per heavy atom. The second-order valence-electron chi connectivity index (χ2n) is 5.25. The zero-order chi connectivity index (χ0) is 15.2. The predicted octanol–water partition coefficient (Wildman–Crippen LogP) is 1.92. The van der Waals surface area contributed by atoms with Gasteiger partial charge in [-0.05, 0) is 31.4 Å². The quantitative estimate of drug-likeness (QED) is 0.787. The number of hydrogen-bond donors (Lipinski definition) is 2. The summed E-state index contributed by atoms with van der Waals surface area (Å²) in [7, 11) is 1.55. The minimum Gasteiger partial charge on any atom is -0.488 e. The number of amides is 1. The molecule has 2 unspecified atom stereocenters. The van der Waals surface area contributed by atoms with Crippen LogP contribution in [0.5, 0.6) is 5.75 Å². The van der Waals surface area contributed by atoms with Crippen LogP contribution in [0.1, 0.15) is 19.3 Å². The van der Waals surface area contributed by atoms with Crippen molar-refractivity contribution < 1.29 is 18.7 Å². The maximum absolute atomic E-state index is 13.8. The van der Waals surface area contributed by atoms with E-state index < -0.39 is 5.82 Å². The van der Waals surface area contributed by atoms with Gasteiger partial charge in [0.2, 0.25) is 5.91 Å². The van der Waals surface area contributed by atoms with Gasteiger partial charge in [0.25, 0.3) is 0 Å². The summed E-state index contributed by atoms with van der Waals surface area (Å²) in [6.07, 6.45) is 2.33. The fraction of sp³-hybridized carbons (Fsp3) is 0.533. The summed E-state index contributed by atoms with van der Waals surface area (Å²) < 4.78 is 23.9. The van der Waals surface area contributed by atoms with E-state index in [2.05, 4.69) is 5.32 Å². The molecule has 5 nitrogen and oxygen atoms in total. The molecule has 116 valence electrons. The summed E-state index contributed by atoms with van der Waals surface area (Å²) in [4.78, 5) is 12.0. The summed E-state index contributed by atoms with van der Waals surface area (Å²) in [6, 6.07) is 4.47. The van der Waals surface area contributed by atoms with Gasteiger partial charge in [-0.25, -0.2) is 4.39 Å². The van der Waals surface area contributed by atoms with E-state index in [0.29, 0.717) is 18.7 Å². The molecule has 21 heavy (non-hydrogen) atoms. The number of hydrogen-bond acceptors (Lipinski definition) is 4. The van der Waals surface area contributed by atoms with Gasteiger partial charge in [0.1, 0.15) is 6.61 Å². The van der Waals surface area contributed by atoms with Gasteiger partial charge in [-0.1, -0.05) is 0 Å². The summed E-state index contributed by atoms with van der Waals surface area (Å²) in [6.45, 7) is 0.666. The fourth-order valence-corrected chi connectivity index (χ4v) is 2.43. The molecule has 2 rings (SSSR count). The number of halogens is 1. The third-order valence-electron chi connectivity index (χ3n) is 3.59. The van der Waals surface area contributed by atoms with Crippen LogP contribution in [0.2, 0.25) is 0 Å². The molecule has 6 heteroatoms. The molecule has 1 aliphatic rings. The number of carbonyl (C=O) groups is 1. The number of rotatable bonds is 6. The Labute approximate surface area is 123 Å². The molecule has 0 aromatic heterocycles. The molecule has 1 amide bonds. The first kappa shape index (κ1) is 15.7. The molecular formula is C15H21FN2O3. The van der Waals surface area contributed by atoms with E-state index in [1.54, 1.807) is 13.2 Å². The summed E-state index contributed by atoms with van der Waals surface area (Å²) in [5.74, 6) is -0.545. The lowest BCUT2D eigenvalue weighted by Crippen LogP contribution is -2.23. The molecule has 1 aromatic rings. The van der Waals surface area contributed by atoms with Crippen molar-refractivity contribution in [1.82, 2.24) is 0 Å². The van der Waals surface area contributed by atoms with E-state index in [9.17, 15) is 9.18 Å². The Morgan fingerprint density at radius 1 is 1.43 bits per heavy atom. The third kappa shape index (κ3) is 4.41. The highest BCUT2D eigenvalue weighted by Crippen LogP contribution is 2.26. The standard InChI is InChI=1S/C15H21FN2O3/c1-20-6-7-21-14-5-4-12(9-13(14)16)18-15(19)10-2-3-11(17)8-10/h4-5,9-11H,2-3,6-8,17H2,1H3,(H,18,19). The monoisotopic (exact) mass is 296 g/mol. The molecule has 0 aliphatic heterocycles. The number of anilines is 1. The molecule has 1 fully saturated rings. The van der Waals surface area contributed by atoms with Gasteiger partial charge in [-0.15, -0.1) is 0 Å². The minimum atomic E-state index is -0.507. The number of nitrogens with two attached hydrogens (primary N) is 1. The van der Waals surface area contributed by atoms with Crippen LogP contribution in [0.4, 0.5) is 10.1 Å². The topological polar surface area (TPSA) is 73.6 Å². The van der Waals surface area contributed by atoms with Crippen LogP contribution in [0.3, 0.4) is 0 Å². The number of nitrogens with one attached hydrogen (secondary N) is 1. The SMILES string of the molecule is COCCOc1ccc(NC(=O)C2CCC(N)C2)cc1F. The van der Waals surface area contributed by atoms with Crippen molar-refractivity contribution in [3.05, 3.63) is 24.0 Å². The van der Waals surface area contributed by atoms with E-state index in [4.69, 9.17) is 15.2 Å². The maximum atomic E-state index is 13.8. The van der Waals surface area contributed by atoms with Crippen LogP contribution < -0.4 is 15.8 Å². The van der Waals surface area contributed by atoms with Crippen LogP contribution >= 0.6 is 0 Å². The highest BCUT2D eigenvalue weighted by molar-refractivity contribution is 5.92. The lowest BCUT2D eigenvalue weighted by molar-refractivity contribution is -0.119. The van der Waals surface area contributed by atoms with Crippen molar-refractivity contribution in [2.45, 2.75) is 25.3 Å². The number of ether oxygens (including phenoxy) is 2. The van der Waals surface area contributed by atoms with E-state index in [-0.39, 0.29) is 30.2 Å². The fourth-order valence-electron chi connectivity index (χ4n) is 2.43. The Hall–Kier alpha value is -1.66. The Bertz CT molecular complexity index is 496. The highest BCUT2D eigenvalue weighted by atomic mass is 19.1. The summed E-state index contributed by atoms with van der Waals surface area (Å²) >= 11 is 0. The number of carbonyl (C=O) groups excluding carboxylic acids is 1. The first-order chi connectivity index (χ1) is 10.1. The van der Waals surface area contributed by atoms with Crippen molar-refractivity contribution >= 4 is 11.6 Å². The van der Waals surface area contributed by atoms with Gasteiger partial charge in [0.15, 0.2) is 11.6 Å². The second kappa shape index (κ2) is 7.38. The van der Waals surface area contributed by atoms with Crippen LogP contribution in [-0.4, -0.2) is 32.3 Å². The zero-order valence-electron chi connectivity index (χ0n) is 12.1. The van der Waals surface area contributed by atoms with Gasteiger partial charge >= 0.3 is 0 Å². The second-order valence-corrected chi connectivity index (χ2v) is 5.25. The Balaban J connectivity index is 1.92. The largest absolute Gasteiger partial charge is 0.488 e. The average molecular weight is 296 g/mol. The van der Waals surface area contributed by atoms with Gasteiger partial charge in [-0.2, -0.15) is 0 Å². The van der Waals surface area contributed by atoms with Crippen LogP contribution in [0.15, 0.2) is 18.2 Å². The predicted molar refractivity (Wildman–Crippen MR) is 77.7 cm³/mol. The van der Waals surface area contributed by atoms with Gasteiger partial charge < -0.3 is 20.5 Å². The maximum Gasteiger partial charge on any atom is 0.227 e. The number of benzene rings is 1. The van der Waals surface area contributed by atoms with Crippen molar-refractivity contribution in [3.8, 4) is 5.75 Å². The summed E-state index contributed by atoms with van der Waals surface area (Å²) in [5, 5.41) is 2.72. The van der Waals surface area contributed by atoms with Gasteiger partial charge in [-0.3, -0.25) is 4.79 Å². The normalized spacial score (nSPS) is 21.3. The molecule has 0 radical (unpaired) electrons. The summed E-state index contributed by atoms with van der Waals surface area (Å²) in [5.41, 5.74) is 6.22. The van der Waals surface area contributed by atoms with Crippen LogP contribution in [0.25, 0.3) is 0 Å². The molecule has 3 N–H and O–H groups in total. The van der Waals surface area contributed by atoms with E-state index in [0.717, 1.165) is 12.8 Å². The molecule has 0 bridgehead atoms. The third-order valence-corrected chi connectivity index (χ3v) is 3.59. The molecule has 0 saturated heterocycles. The van der Waals surface area contributed by atoms with E-state index in [1.165, 1.54) is 12.1 Å². The smallest absolute Gasteiger partial charge is 0.227 e. The van der Waals surface area contributed by atoms with Crippen molar-refractivity contribution in [3.63, 3.8) is 0 Å². The highest BCUT2D eigenvalue weighted by Gasteiger charge is 2.27.